The highest BCUT2D eigenvalue weighted by molar-refractivity contribution is 7.99. The van der Waals surface area contributed by atoms with Crippen LogP contribution in [-0.4, -0.2) is 30.4 Å². The van der Waals surface area contributed by atoms with Gasteiger partial charge in [0, 0.05) is 16.3 Å². The maximum absolute atomic E-state index is 13.4. The van der Waals surface area contributed by atoms with E-state index in [4.69, 9.17) is 0 Å². The van der Waals surface area contributed by atoms with Gasteiger partial charge in [-0.25, -0.2) is 4.39 Å². The van der Waals surface area contributed by atoms with Crippen molar-refractivity contribution in [1.82, 2.24) is 30.4 Å². The summed E-state index contributed by atoms with van der Waals surface area (Å²) in [5, 5.41) is 23.9. The molecule has 0 N–H and O–H groups in total. The molecule has 1 atom stereocenters. The molecule has 0 fully saturated rings. The standard InChI is InChI=1S/C23H17FN6S/c1-15(22-26-28-29-30(22)18-7-3-2-4-8-18)31-23-20-10-6-5-9-19(20)21(25-27-23)16-11-13-17(24)14-12-16/h2-15H,1H3/t15-/m1/s1. The fourth-order valence-corrected chi connectivity index (χ4v) is 4.39. The lowest BCUT2D eigenvalue weighted by Crippen LogP contribution is -2.05. The van der Waals surface area contributed by atoms with Crippen LogP contribution in [-0.2, 0) is 0 Å². The van der Waals surface area contributed by atoms with E-state index in [0.717, 1.165) is 38.6 Å². The molecule has 0 aliphatic rings. The molecule has 31 heavy (non-hydrogen) atoms. The zero-order valence-corrected chi connectivity index (χ0v) is 17.4. The van der Waals surface area contributed by atoms with Crippen LogP contribution >= 0.6 is 11.8 Å². The molecule has 6 nitrogen and oxygen atoms in total. The number of tetrazole rings is 1. The maximum atomic E-state index is 13.4. The van der Waals surface area contributed by atoms with Crippen LogP contribution in [0.25, 0.3) is 27.7 Å². The van der Waals surface area contributed by atoms with Crippen molar-refractivity contribution in [3.05, 3.63) is 90.5 Å². The maximum Gasteiger partial charge on any atom is 0.169 e. The van der Waals surface area contributed by atoms with Gasteiger partial charge in [-0.05, 0) is 53.7 Å². The van der Waals surface area contributed by atoms with Gasteiger partial charge in [0.05, 0.1) is 10.9 Å². The summed E-state index contributed by atoms with van der Waals surface area (Å²) >= 11 is 1.55. The largest absolute Gasteiger partial charge is 0.207 e. The molecule has 3 aromatic carbocycles. The summed E-state index contributed by atoms with van der Waals surface area (Å²) in [5.41, 5.74) is 2.45. The van der Waals surface area contributed by atoms with Gasteiger partial charge in [0.25, 0.3) is 0 Å². The van der Waals surface area contributed by atoms with Gasteiger partial charge in [-0.1, -0.05) is 54.2 Å². The molecular weight excluding hydrogens is 411 g/mol. The lowest BCUT2D eigenvalue weighted by atomic mass is 10.1. The van der Waals surface area contributed by atoms with E-state index in [9.17, 15) is 4.39 Å². The van der Waals surface area contributed by atoms with Crippen molar-refractivity contribution >= 4 is 22.5 Å². The monoisotopic (exact) mass is 428 g/mol. The predicted molar refractivity (Wildman–Crippen MR) is 118 cm³/mol. The first kappa shape index (κ1) is 19.3. The zero-order valence-electron chi connectivity index (χ0n) is 16.6. The molecule has 0 unspecified atom stereocenters. The zero-order chi connectivity index (χ0) is 21.2. The van der Waals surface area contributed by atoms with Gasteiger partial charge in [-0.2, -0.15) is 4.68 Å². The summed E-state index contributed by atoms with van der Waals surface area (Å²) in [7, 11) is 0. The summed E-state index contributed by atoms with van der Waals surface area (Å²) in [6.07, 6.45) is 0. The second kappa shape index (κ2) is 8.23. The molecule has 0 radical (unpaired) electrons. The van der Waals surface area contributed by atoms with E-state index in [1.54, 1.807) is 28.6 Å². The Hall–Kier alpha value is -3.65. The van der Waals surface area contributed by atoms with Crippen LogP contribution < -0.4 is 0 Å². The summed E-state index contributed by atoms with van der Waals surface area (Å²) in [6.45, 7) is 2.04. The van der Waals surface area contributed by atoms with Crippen LogP contribution in [0.5, 0.6) is 0 Å². The molecule has 0 spiro atoms. The molecular formula is C23H17FN6S. The molecule has 0 saturated carbocycles. The normalized spacial score (nSPS) is 12.2. The lowest BCUT2D eigenvalue weighted by Gasteiger charge is -2.13. The summed E-state index contributed by atoms with van der Waals surface area (Å²) in [4.78, 5) is 0. The van der Waals surface area contributed by atoms with Crippen LogP contribution in [0.1, 0.15) is 18.0 Å². The van der Waals surface area contributed by atoms with Crippen LogP contribution in [0.4, 0.5) is 4.39 Å². The van der Waals surface area contributed by atoms with Gasteiger partial charge < -0.3 is 0 Å². The third-order valence-electron chi connectivity index (χ3n) is 4.92. The molecule has 5 aromatic rings. The Morgan fingerprint density at radius 3 is 2.29 bits per heavy atom. The van der Waals surface area contributed by atoms with E-state index in [2.05, 4.69) is 25.7 Å². The summed E-state index contributed by atoms with van der Waals surface area (Å²) in [5.74, 6) is 0.447. The molecule has 0 aliphatic heterocycles. The number of rotatable bonds is 5. The number of hydrogen-bond donors (Lipinski definition) is 0. The van der Waals surface area contributed by atoms with Gasteiger partial charge in [0.2, 0.25) is 0 Å². The van der Waals surface area contributed by atoms with Crippen LogP contribution in [0, 0.1) is 5.82 Å². The molecule has 0 aliphatic carbocycles. The quantitative estimate of drug-likeness (QED) is 0.356. The lowest BCUT2D eigenvalue weighted by molar-refractivity contribution is 0.628. The molecule has 0 saturated heterocycles. The highest BCUT2D eigenvalue weighted by Crippen LogP contribution is 2.38. The average molecular weight is 428 g/mol. The van der Waals surface area contributed by atoms with Crippen LogP contribution in [0.3, 0.4) is 0 Å². The smallest absolute Gasteiger partial charge is 0.169 e. The number of hydrogen-bond acceptors (Lipinski definition) is 6. The number of benzene rings is 3. The molecule has 8 heteroatoms. The highest BCUT2D eigenvalue weighted by Gasteiger charge is 2.20. The van der Waals surface area contributed by atoms with Crippen molar-refractivity contribution < 1.29 is 4.39 Å². The van der Waals surface area contributed by atoms with Crippen LogP contribution in [0.15, 0.2) is 83.9 Å². The molecule has 0 amide bonds. The fraction of sp³-hybridized carbons (Fsp3) is 0.0870. The Morgan fingerprint density at radius 2 is 1.52 bits per heavy atom. The molecule has 2 heterocycles. The van der Waals surface area contributed by atoms with Gasteiger partial charge in [-0.3, -0.25) is 0 Å². The Morgan fingerprint density at radius 1 is 0.806 bits per heavy atom. The number of thioether (sulfide) groups is 1. The van der Waals surface area contributed by atoms with E-state index >= 15 is 0 Å². The Bertz CT molecular complexity index is 1340. The third-order valence-corrected chi connectivity index (χ3v) is 6.01. The summed E-state index contributed by atoms with van der Waals surface area (Å²) < 4.78 is 15.1. The summed E-state index contributed by atoms with van der Waals surface area (Å²) in [6, 6.07) is 24.0. The van der Waals surface area contributed by atoms with Gasteiger partial charge >= 0.3 is 0 Å². The van der Waals surface area contributed by atoms with Crippen molar-refractivity contribution in [3.63, 3.8) is 0 Å². The molecule has 152 valence electrons. The first-order valence-corrected chi connectivity index (χ1v) is 10.6. The molecule has 5 rings (SSSR count). The number of para-hydroxylation sites is 1. The van der Waals surface area contributed by atoms with E-state index in [1.807, 2.05) is 61.5 Å². The van der Waals surface area contributed by atoms with Crippen molar-refractivity contribution in [2.75, 3.05) is 0 Å². The minimum atomic E-state index is -0.279. The topological polar surface area (TPSA) is 69.4 Å². The molecule has 2 aromatic heterocycles. The van der Waals surface area contributed by atoms with Crippen molar-refractivity contribution in [3.8, 4) is 16.9 Å². The minimum Gasteiger partial charge on any atom is -0.207 e. The second-order valence-electron chi connectivity index (χ2n) is 6.95. The van der Waals surface area contributed by atoms with Gasteiger partial charge in [0.1, 0.15) is 16.5 Å². The van der Waals surface area contributed by atoms with E-state index in [1.165, 1.54) is 12.1 Å². The third kappa shape index (κ3) is 3.77. The number of halogens is 1. The van der Waals surface area contributed by atoms with Gasteiger partial charge in [0.15, 0.2) is 5.82 Å². The Labute approximate surface area is 182 Å². The van der Waals surface area contributed by atoms with E-state index in [-0.39, 0.29) is 11.1 Å². The molecule has 0 bridgehead atoms. The van der Waals surface area contributed by atoms with Crippen LogP contribution in [0.2, 0.25) is 0 Å². The van der Waals surface area contributed by atoms with Crippen molar-refractivity contribution in [1.29, 1.82) is 0 Å². The van der Waals surface area contributed by atoms with Crippen molar-refractivity contribution in [2.45, 2.75) is 17.2 Å². The second-order valence-corrected chi connectivity index (χ2v) is 8.28. The SMILES string of the molecule is C[C@@H](Sc1nnc(-c2ccc(F)cc2)c2ccccc12)c1nnnn1-c1ccccc1. The first-order valence-electron chi connectivity index (χ1n) is 9.72. The number of aromatic nitrogens is 6. The first-order chi connectivity index (χ1) is 15.2. The number of fused-ring (bicyclic) bond motifs is 1. The highest BCUT2D eigenvalue weighted by atomic mass is 32.2. The van der Waals surface area contributed by atoms with E-state index in [0.29, 0.717) is 0 Å². The fourth-order valence-electron chi connectivity index (χ4n) is 3.41. The minimum absolute atomic E-state index is 0.0652. The Balaban J connectivity index is 1.52. The van der Waals surface area contributed by atoms with Crippen molar-refractivity contribution in [2.24, 2.45) is 0 Å². The Kier molecular flexibility index (Phi) is 5.13. The number of nitrogens with zero attached hydrogens (tertiary/aromatic N) is 6. The average Bonchev–Trinajstić information content (AvgIpc) is 3.31. The van der Waals surface area contributed by atoms with E-state index < -0.39 is 0 Å². The predicted octanol–water partition coefficient (Wildman–Crippen LogP) is 5.26. The van der Waals surface area contributed by atoms with Gasteiger partial charge in [-0.15, -0.1) is 15.3 Å².